The largest absolute Gasteiger partial charge is 0.507 e. The van der Waals surface area contributed by atoms with Crippen LogP contribution in [0.1, 0.15) is 40.8 Å². The summed E-state index contributed by atoms with van der Waals surface area (Å²) in [5.74, 6) is -0.316. The zero-order chi connectivity index (χ0) is 28.2. The van der Waals surface area contributed by atoms with Crippen LogP contribution in [0.2, 0.25) is 0 Å². The summed E-state index contributed by atoms with van der Waals surface area (Å²) in [5, 5.41) is 11.6. The minimum absolute atomic E-state index is 0.0468. The maximum atomic E-state index is 13.5. The van der Waals surface area contributed by atoms with Crippen molar-refractivity contribution < 1.29 is 24.2 Å². The molecule has 202 valence electrons. The number of hydrogen-bond donors (Lipinski definition) is 1. The minimum Gasteiger partial charge on any atom is -0.507 e. The van der Waals surface area contributed by atoms with Crippen LogP contribution in [0.4, 0.5) is 5.69 Å². The van der Waals surface area contributed by atoms with Gasteiger partial charge in [0.1, 0.15) is 23.9 Å². The Kier molecular flexibility index (Phi) is 7.69. The SMILES string of the molecule is CCOc1ccc(N2C(=O)C(=O)/C(=C(/O)c3ccc(OCc4ccccc4)c(C)c3)C2c2ccccc2C)cc1. The molecule has 1 fully saturated rings. The second-order valence-corrected chi connectivity index (χ2v) is 9.71. The highest BCUT2D eigenvalue weighted by molar-refractivity contribution is 6.51. The average molecular weight is 534 g/mol. The Bertz CT molecular complexity index is 1570. The number of aliphatic hydroxyl groups is 1. The molecule has 1 saturated heterocycles. The second-order valence-electron chi connectivity index (χ2n) is 9.71. The van der Waals surface area contributed by atoms with Crippen molar-refractivity contribution in [3.63, 3.8) is 0 Å². The lowest BCUT2D eigenvalue weighted by Crippen LogP contribution is -2.29. The number of ketones is 1. The number of nitrogens with zero attached hydrogens (tertiary/aromatic N) is 1. The van der Waals surface area contributed by atoms with Gasteiger partial charge in [0.15, 0.2) is 0 Å². The Morgan fingerprint density at radius 3 is 2.20 bits per heavy atom. The summed E-state index contributed by atoms with van der Waals surface area (Å²) in [7, 11) is 0. The van der Waals surface area contributed by atoms with Crippen LogP contribution in [0.3, 0.4) is 0 Å². The van der Waals surface area contributed by atoms with Gasteiger partial charge in [-0.3, -0.25) is 14.5 Å². The van der Waals surface area contributed by atoms with Crippen LogP contribution in [0, 0.1) is 13.8 Å². The second kappa shape index (κ2) is 11.5. The van der Waals surface area contributed by atoms with Crippen molar-refractivity contribution in [2.75, 3.05) is 11.5 Å². The van der Waals surface area contributed by atoms with E-state index in [0.29, 0.717) is 36.0 Å². The quantitative estimate of drug-likeness (QED) is 0.151. The third-order valence-corrected chi connectivity index (χ3v) is 7.04. The first kappa shape index (κ1) is 26.8. The smallest absolute Gasteiger partial charge is 0.300 e. The summed E-state index contributed by atoms with van der Waals surface area (Å²) < 4.78 is 11.5. The Labute approximate surface area is 234 Å². The standard InChI is InChI=1S/C34H31NO5/c1-4-39-27-17-15-26(16-18-27)35-31(28-13-9-8-10-22(28)2)30(33(37)34(35)38)32(36)25-14-19-29(23(3)20-25)40-21-24-11-6-5-7-12-24/h5-20,31,36H,4,21H2,1-3H3/b32-30+. The first-order valence-corrected chi connectivity index (χ1v) is 13.3. The number of benzene rings is 4. The zero-order valence-electron chi connectivity index (χ0n) is 22.8. The van der Waals surface area contributed by atoms with Crippen molar-refractivity contribution in [2.24, 2.45) is 0 Å². The molecular weight excluding hydrogens is 502 g/mol. The molecule has 0 spiro atoms. The molecule has 0 saturated carbocycles. The summed E-state index contributed by atoms with van der Waals surface area (Å²) in [6.07, 6.45) is 0. The van der Waals surface area contributed by atoms with E-state index in [1.807, 2.05) is 75.4 Å². The molecule has 6 nitrogen and oxygen atoms in total. The van der Waals surface area contributed by atoms with Crippen LogP contribution in [-0.4, -0.2) is 23.4 Å². The molecule has 1 atom stereocenters. The number of rotatable bonds is 8. The highest BCUT2D eigenvalue weighted by Crippen LogP contribution is 2.43. The number of carbonyl (C=O) groups is 2. The fraction of sp³-hybridized carbons (Fsp3) is 0.176. The van der Waals surface area contributed by atoms with Crippen molar-refractivity contribution in [3.05, 3.63) is 130 Å². The molecule has 0 bridgehead atoms. The van der Waals surface area contributed by atoms with E-state index in [1.165, 1.54) is 4.90 Å². The molecule has 1 heterocycles. The Morgan fingerprint density at radius 2 is 1.52 bits per heavy atom. The molecule has 1 aliphatic rings. The number of Topliss-reactive ketones (excluding diaryl/α,β-unsaturated/α-hetero) is 1. The summed E-state index contributed by atoms with van der Waals surface area (Å²) in [5.41, 5.74) is 4.53. The van der Waals surface area contributed by atoms with E-state index in [-0.39, 0.29) is 11.3 Å². The van der Waals surface area contributed by atoms with Crippen molar-refractivity contribution in [1.82, 2.24) is 0 Å². The van der Waals surface area contributed by atoms with E-state index in [0.717, 1.165) is 22.3 Å². The molecular formula is C34H31NO5. The maximum Gasteiger partial charge on any atom is 0.300 e. The van der Waals surface area contributed by atoms with Gasteiger partial charge in [0.25, 0.3) is 11.7 Å². The van der Waals surface area contributed by atoms with Gasteiger partial charge in [0.2, 0.25) is 0 Å². The lowest BCUT2D eigenvalue weighted by atomic mass is 9.92. The van der Waals surface area contributed by atoms with E-state index < -0.39 is 17.7 Å². The van der Waals surface area contributed by atoms with Crippen LogP contribution < -0.4 is 14.4 Å². The van der Waals surface area contributed by atoms with Crippen LogP contribution in [-0.2, 0) is 16.2 Å². The van der Waals surface area contributed by atoms with Crippen LogP contribution in [0.5, 0.6) is 11.5 Å². The highest BCUT2D eigenvalue weighted by Gasteiger charge is 2.47. The van der Waals surface area contributed by atoms with Gasteiger partial charge in [-0.25, -0.2) is 0 Å². The normalized spacial score (nSPS) is 16.3. The summed E-state index contributed by atoms with van der Waals surface area (Å²) in [4.78, 5) is 28.5. The topological polar surface area (TPSA) is 76.1 Å². The number of anilines is 1. The monoisotopic (exact) mass is 533 g/mol. The summed E-state index contributed by atoms with van der Waals surface area (Å²) >= 11 is 0. The maximum absolute atomic E-state index is 13.5. The molecule has 0 radical (unpaired) electrons. The van der Waals surface area contributed by atoms with E-state index in [2.05, 4.69) is 0 Å². The summed E-state index contributed by atoms with van der Waals surface area (Å²) in [6, 6.07) is 28.9. The molecule has 1 unspecified atom stereocenters. The predicted molar refractivity (Wildman–Crippen MR) is 156 cm³/mol. The van der Waals surface area contributed by atoms with Gasteiger partial charge in [0.05, 0.1) is 18.2 Å². The number of ether oxygens (including phenoxy) is 2. The molecule has 0 aliphatic carbocycles. The van der Waals surface area contributed by atoms with Crippen molar-refractivity contribution >= 4 is 23.1 Å². The number of hydrogen-bond acceptors (Lipinski definition) is 5. The lowest BCUT2D eigenvalue weighted by molar-refractivity contribution is -0.132. The molecule has 4 aromatic carbocycles. The van der Waals surface area contributed by atoms with Gasteiger partial charge in [-0.2, -0.15) is 0 Å². The van der Waals surface area contributed by atoms with Crippen molar-refractivity contribution in [3.8, 4) is 11.5 Å². The first-order chi connectivity index (χ1) is 19.4. The molecule has 6 heteroatoms. The molecule has 4 aromatic rings. The molecule has 0 aromatic heterocycles. The van der Waals surface area contributed by atoms with Crippen LogP contribution in [0.15, 0.2) is 103 Å². The number of aryl methyl sites for hydroxylation is 2. The van der Waals surface area contributed by atoms with Gasteiger partial charge in [0, 0.05) is 11.3 Å². The Morgan fingerprint density at radius 1 is 0.825 bits per heavy atom. The van der Waals surface area contributed by atoms with Gasteiger partial charge in [-0.05, 0) is 85.5 Å². The summed E-state index contributed by atoms with van der Waals surface area (Å²) in [6.45, 7) is 6.63. The fourth-order valence-electron chi connectivity index (χ4n) is 5.01. The third-order valence-electron chi connectivity index (χ3n) is 7.04. The Balaban J connectivity index is 1.55. The first-order valence-electron chi connectivity index (χ1n) is 13.3. The highest BCUT2D eigenvalue weighted by atomic mass is 16.5. The molecule has 1 N–H and O–H groups in total. The van der Waals surface area contributed by atoms with E-state index in [4.69, 9.17) is 9.47 Å². The number of amides is 1. The zero-order valence-corrected chi connectivity index (χ0v) is 22.8. The molecule has 5 rings (SSSR count). The van der Waals surface area contributed by atoms with Gasteiger partial charge in [-0.15, -0.1) is 0 Å². The lowest BCUT2D eigenvalue weighted by Gasteiger charge is -2.26. The third kappa shape index (κ3) is 5.21. The molecule has 1 aliphatic heterocycles. The fourth-order valence-corrected chi connectivity index (χ4v) is 5.01. The number of carbonyl (C=O) groups excluding carboxylic acids is 2. The van der Waals surface area contributed by atoms with Gasteiger partial charge >= 0.3 is 0 Å². The predicted octanol–water partition coefficient (Wildman–Crippen LogP) is 6.91. The average Bonchev–Trinajstić information content (AvgIpc) is 3.23. The van der Waals surface area contributed by atoms with Gasteiger partial charge in [-0.1, -0.05) is 54.6 Å². The number of aliphatic hydroxyl groups excluding tert-OH is 1. The van der Waals surface area contributed by atoms with Crippen LogP contribution in [0.25, 0.3) is 5.76 Å². The van der Waals surface area contributed by atoms with Crippen molar-refractivity contribution in [2.45, 2.75) is 33.4 Å². The van der Waals surface area contributed by atoms with E-state index >= 15 is 0 Å². The van der Waals surface area contributed by atoms with Crippen LogP contribution >= 0.6 is 0 Å². The van der Waals surface area contributed by atoms with E-state index in [1.54, 1.807) is 42.5 Å². The van der Waals surface area contributed by atoms with Crippen molar-refractivity contribution in [1.29, 1.82) is 0 Å². The van der Waals surface area contributed by atoms with Gasteiger partial charge < -0.3 is 14.6 Å². The molecule has 40 heavy (non-hydrogen) atoms. The minimum atomic E-state index is -0.798. The Hall–Kier alpha value is -4.84. The molecule has 1 amide bonds. The van der Waals surface area contributed by atoms with E-state index in [9.17, 15) is 14.7 Å².